The summed E-state index contributed by atoms with van der Waals surface area (Å²) in [6.07, 6.45) is 12.0. The van der Waals surface area contributed by atoms with Crippen LogP contribution in [0.4, 0.5) is 0 Å². The van der Waals surface area contributed by atoms with E-state index in [1.807, 2.05) is 6.92 Å². The van der Waals surface area contributed by atoms with E-state index >= 15 is 0 Å². The molecule has 0 bridgehead atoms. The van der Waals surface area contributed by atoms with E-state index in [1.165, 1.54) is 0 Å². The van der Waals surface area contributed by atoms with Crippen LogP contribution in [-0.2, 0) is 4.79 Å². The molecule has 0 saturated heterocycles. The summed E-state index contributed by atoms with van der Waals surface area (Å²) in [5, 5.41) is 40.2. The highest BCUT2D eigenvalue weighted by molar-refractivity contribution is 5.69. The summed E-state index contributed by atoms with van der Waals surface area (Å²) in [5.41, 5.74) is 0. The molecule has 1 atom stereocenters. The molecule has 6 nitrogen and oxygen atoms in total. The Morgan fingerprint density at radius 3 is 1.69 bits per heavy atom. The number of hydrogen-bond donors (Lipinski definition) is 4. The van der Waals surface area contributed by atoms with Crippen LogP contribution < -0.4 is 0 Å². The fourth-order valence-corrected chi connectivity index (χ4v) is 3.64. The minimum absolute atomic E-state index is 0.132. The van der Waals surface area contributed by atoms with E-state index in [0.29, 0.717) is 6.42 Å². The maximum Gasteiger partial charge on any atom is 0.312 e. The van der Waals surface area contributed by atoms with E-state index in [1.54, 1.807) is 12.2 Å². The van der Waals surface area contributed by atoms with E-state index in [0.717, 1.165) is 51.4 Å². The first-order chi connectivity index (χ1) is 13.8. The number of carboxylic acids is 1. The average molecular weight is 415 g/mol. The molecular weight excluding hydrogens is 370 g/mol. The van der Waals surface area contributed by atoms with Gasteiger partial charge in [-0.25, -0.2) is 0 Å². The predicted molar refractivity (Wildman–Crippen MR) is 118 cm³/mol. The van der Waals surface area contributed by atoms with Crippen LogP contribution in [0.5, 0.6) is 0 Å². The van der Waals surface area contributed by atoms with Crippen LogP contribution in [-0.4, -0.2) is 63.7 Å². The maximum absolute atomic E-state index is 11.6. The third-order valence-electron chi connectivity index (χ3n) is 5.39. The highest BCUT2D eigenvalue weighted by Crippen LogP contribution is 2.20. The van der Waals surface area contributed by atoms with Gasteiger partial charge in [-0.1, -0.05) is 46.5 Å². The van der Waals surface area contributed by atoms with Crippen molar-refractivity contribution >= 4 is 5.97 Å². The number of rotatable bonds is 18. The molecule has 1 unspecified atom stereocenters. The number of aliphatic carboxylic acids is 1. The van der Waals surface area contributed by atoms with Crippen LogP contribution in [0.2, 0.25) is 0 Å². The predicted octanol–water partition coefficient (Wildman–Crippen LogP) is 4.95. The molecule has 0 heterocycles. The second-order valence-corrected chi connectivity index (χ2v) is 8.11. The molecule has 0 rings (SSSR count). The Bertz CT molecular complexity index is 473. The smallest absolute Gasteiger partial charge is 0.312 e. The zero-order valence-electron chi connectivity index (χ0n) is 18.8. The van der Waals surface area contributed by atoms with E-state index in [-0.39, 0.29) is 48.8 Å². The molecule has 0 aliphatic carbocycles. The van der Waals surface area contributed by atoms with Crippen LogP contribution >= 0.6 is 0 Å². The Hall–Kier alpha value is -1.53. The summed E-state index contributed by atoms with van der Waals surface area (Å²) in [6.45, 7) is 6.90. The summed E-state index contributed by atoms with van der Waals surface area (Å²) < 4.78 is 0.132. The molecule has 0 aliphatic rings. The lowest BCUT2D eigenvalue weighted by molar-refractivity contribution is -0.924. The maximum atomic E-state index is 11.6. The lowest BCUT2D eigenvalue weighted by Gasteiger charge is -2.39. The summed E-state index contributed by atoms with van der Waals surface area (Å²) in [5.74, 6) is -1.07. The number of carbonyl (C=O) groups is 1. The van der Waals surface area contributed by atoms with Gasteiger partial charge in [0.05, 0.1) is 13.2 Å². The van der Waals surface area contributed by atoms with Gasteiger partial charge in [0.1, 0.15) is 37.1 Å². The number of hydrogen-bond acceptors (Lipinski definition) is 4. The van der Waals surface area contributed by atoms with E-state index in [2.05, 4.69) is 13.8 Å². The molecule has 0 fully saturated rings. The van der Waals surface area contributed by atoms with Crippen molar-refractivity contribution in [3.8, 4) is 0 Å². The summed E-state index contributed by atoms with van der Waals surface area (Å²) in [7, 11) is 0. The average Bonchev–Trinajstić information content (AvgIpc) is 2.66. The summed E-state index contributed by atoms with van der Waals surface area (Å²) in [4.78, 5) is 11.6. The number of nitrogens with zero attached hydrogens (tertiary/aromatic N) is 1. The van der Waals surface area contributed by atoms with Crippen molar-refractivity contribution in [3.05, 3.63) is 23.7 Å². The molecule has 0 aromatic heterocycles. The first-order valence-electron chi connectivity index (χ1n) is 11.3. The molecule has 0 saturated carbocycles. The van der Waals surface area contributed by atoms with E-state index in [9.17, 15) is 25.2 Å². The molecule has 0 spiro atoms. The fourth-order valence-electron chi connectivity index (χ4n) is 3.64. The number of aliphatic hydroxyl groups is 3. The molecule has 0 aromatic carbocycles. The van der Waals surface area contributed by atoms with Crippen molar-refractivity contribution in [1.82, 2.24) is 0 Å². The highest BCUT2D eigenvalue weighted by atomic mass is 16.4. The zero-order valence-corrected chi connectivity index (χ0v) is 18.8. The van der Waals surface area contributed by atoms with Gasteiger partial charge in [0.2, 0.25) is 0 Å². The van der Waals surface area contributed by atoms with E-state index < -0.39 is 11.9 Å². The Morgan fingerprint density at radius 2 is 1.34 bits per heavy atom. The van der Waals surface area contributed by atoms with Crippen molar-refractivity contribution in [3.63, 3.8) is 0 Å². The number of aliphatic hydroxyl groups excluding tert-OH is 3. The first kappa shape index (κ1) is 27.5. The normalized spacial score (nSPS) is 15.9. The minimum atomic E-state index is -0.884. The van der Waals surface area contributed by atoms with Crippen molar-refractivity contribution in [2.45, 2.75) is 78.6 Å². The van der Waals surface area contributed by atoms with Crippen LogP contribution in [0.25, 0.3) is 0 Å². The fraction of sp³-hybridized carbons (Fsp3) is 0.783. The Morgan fingerprint density at radius 1 is 0.862 bits per heavy atom. The van der Waals surface area contributed by atoms with Gasteiger partial charge in [0.15, 0.2) is 0 Å². The molecule has 0 radical (unpaired) electrons. The van der Waals surface area contributed by atoms with Gasteiger partial charge in [-0.05, 0) is 44.3 Å². The standard InChI is InChI=1S/C23H43NO5/c1-4-7-9-11-13-21(26)18-24(15-16-25,17-20(6-3)23(28)29)19-22(27)14-12-10-8-5-2/h13-14,20,25H,4-12,15-19H2,1-3H3,(H2-,26,27,28,29)/p+1/b21-13-,22-14-. The molecular formula is C23H44NO5+. The van der Waals surface area contributed by atoms with Gasteiger partial charge in [0, 0.05) is 0 Å². The van der Waals surface area contributed by atoms with Gasteiger partial charge in [-0.15, -0.1) is 0 Å². The molecule has 170 valence electrons. The topological polar surface area (TPSA) is 98.0 Å². The van der Waals surface area contributed by atoms with Gasteiger partial charge >= 0.3 is 5.97 Å². The second kappa shape index (κ2) is 16.3. The van der Waals surface area contributed by atoms with Crippen LogP contribution in [0.3, 0.4) is 0 Å². The highest BCUT2D eigenvalue weighted by Gasteiger charge is 2.35. The Balaban J connectivity index is 5.49. The van der Waals surface area contributed by atoms with Crippen LogP contribution in [0.15, 0.2) is 23.7 Å². The lowest BCUT2D eigenvalue weighted by atomic mass is 10.0. The lowest BCUT2D eigenvalue weighted by Crippen LogP contribution is -2.55. The Kier molecular flexibility index (Phi) is 15.4. The molecule has 6 heteroatoms. The number of allylic oxidation sites excluding steroid dienone is 2. The van der Waals surface area contributed by atoms with Gasteiger partial charge < -0.3 is 24.9 Å². The number of carboxylic acid groups (broad SMARTS) is 1. The van der Waals surface area contributed by atoms with Crippen molar-refractivity contribution < 1.29 is 29.7 Å². The molecule has 29 heavy (non-hydrogen) atoms. The minimum Gasteiger partial charge on any atom is -0.507 e. The molecule has 0 aliphatic heterocycles. The third-order valence-corrected chi connectivity index (χ3v) is 5.39. The summed E-state index contributed by atoms with van der Waals surface area (Å²) >= 11 is 0. The zero-order chi connectivity index (χ0) is 22.1. The van der Waals surface area contributed by atoms with Crippen molar-refractivity contribution in [2.75, 3.05) is 32.8 Å². The molecule has 0 amide bonds. The van der Waals surface area contributed by atoms with Gasteiger partial charge in [-0.2, -0.15) is 0 Å². The quantitative estimate of drug-likeness (QED) is 0.144. The van der Waals surface area contributed by atoms with Gasteiger partial charge in [0.25, 0.3) is 0 Å². The Labute approximate surface area is 177 Å². The number of quaternary nitrogens is 1. The van der Waals surface area contributed by atoms with Crippen LogP contribution in [0, 0.1) is 5.92 Å². The monoisotopic (exact) mass is 414 g/mol. The van der Waals surface area contributed by atoms with Gasteiger partial charge in [-0.3, -0.25) is 4.79 Å². The summed E-state index contributed by atoms with van der Waals surface area (Å²) in [6, 6.07) is 0. The third kappa shape index (κ3) is 12.6. The largest absolute Gasteiger partial charge is 0.507 e. The van der Waals surface area contributed by atoms with Crippen molar-refractivity contribution in [1.29, 1.82) is 0 Å². The van der Waals surface area contributed by atoms with E-state index in [4.69, 9.17) is 0 Å². The first-order valence-corrected chi connectivity index (χ1v) is 11.3. The molecule has 4 N–H and O–H groups in total. The second-order valence-electron chi connectivity index (χ2n) is 8.11. The van der Waals surface area contributed by atoms with Crippen LogP contribution in [0.1, 0.15) is 78.6 Å². The SMILES string of the molecule is CCCCC/C=C(\O)C[N+](CCO)(C/C(O)=C/CCCCC)CC(CC)C(=O)O. The van der Waals surface area contributed by atoms with Crippen molar-refractivity contribution in [2.24, 2.45) is 5.92 Å². The number of unbranched alkanes of at least 4 members (excludes halogenated alkanes) is 6. The molecule has 0 aromatic rings.